The number of benzene rings is 2. The average molecular weight is 353 g/mol. The largest absolute Gasteiger partial charge is 0.465 e. The third-order valence-electron chi connectivity index (χ3n) is 3.02. The molecule has 0 aliphatic carbocycles. The number of sulfone groups is 1. The molecule has 2 aromatic rings. The van der Waals surface area contributed by atoms with Gasteiger partial charge in [0.25, 0.3) is 0 Å². The summed E-state index contributed by atoms with van der Waals surface area (Å²) < 4.78 is 55.6. The van der Waals surface area contributed by atoms with Crippen molar-refractivity contribution in [3.8, 4) is 0 Å². The monoisotopic (exact) mass is 353 g/mol. The van der Waals surface area contributed by atoms with Crippen LogP contribution < -0.4 is 5.32 Å². The number of carbonyl (C=O) groups is 1. The Morgan fingerprint density at radius 1 is 1.08 bits per heavy atom. The van der Waals surface area contributed by atoms with Gasteiger partial charge >= 0.3 is 5.97 Å². The number of carbonyl (C=O) groups excluding carboxylic acids is 1. The number of hydrogen-bond acceptors (Lipinski definition) is 5. The first-order valence-electron chi connectivity index (χ1n) is 6.66. The molecule has 0 aromatic heterocycles. The number of rotatable bonds is 5. The number of hydrogen-bond donors (Lipinski definition) is 1. The first-order valence-corrected chi connectivity index (χ1v) is 8.15. The Morgan fingerprint density at radius 3 is 2.33 bits per heavy atom. The Morgan fingerprint density at radius 2 is 1.75 bits per heavy atom. The van der Waals surface area contributed by atoms with E-state index >= 15 is 0 Å². The fourth-order valence-electron chi connectivity index (χ4n) is 1.81. The van der Waals surface area contributed by atoms with Crippen molar-refractivity contribution in [3.63, 3.8) is 0 Å². The highest BCUT2D eigenvalue weighted by molar-refractivity contribution is 7.96. The molecule has 0 aliphatic heterocycles. The zero-order valence-corrected chi connectivity index (χ0v) is 13.3. The molecule has 0 bridgehead atoms. The molecule has 0 spiro atoms. The van der Waals surface area contributed by atoms with Crippen LogP contribution in [0, 0.1) is 11.6 Å². The van der Waals surface area contributed by atoms with Crippen LogP contribution in [0.3, 0.4) is 0 Å². The zero-order chi connectivity index (χ0) is 17.7. The molecule has 2 aromatic carbocycles. The van der Waals surface area contributed by atoms with Crippen LogP contribution in [0.4, 0.5) is 14.5 Å². The van der Waals surface area contributed by atoms with E-state index in [0.717, 1.165) is 25.4 Å². The minimum atomic E-state index is -4.14. The number of nitrogens with one attached hydrogen (secondary N) is 1. The maximum Gasteiger partial charge on any atom is 0.351 e. The molecule has 0 atom stereocenters. The number of ether oxygens (including phenoxy) is 1. The molecule has 1 N–H and O–H groups in total. The topological polar surface area (TPSA) is 72.5 Å². The molecular weight excluding hydrogens is 340 g/mol. The van der Waals surface area contributed by atoms with Crippen molar-refractivity contribution in [1.29, 1.82) is 0 Å². The van der Waals surface area contributed by atoms with Crippen molar-refractivity contribution in [1.82, 2.24) is 0 Å². The molecular formula is C16H13F2NO4S. The molecule has 0 amide bonds. The van der Waals surface area contributed by atoms with Gasteiger partial charge in [-0.05, 0) is 24.3 Å². The second-order valence-electron chi connectivity index (χ2n) is 4.59. The summed E-state index contributed by atoms with van der Waals surface area (Å²) >= 11 is 0. The van der Waals surface area contributed by atoms with Crippen LogP contribution in [-0.4, -0.2) is 21.5 Å². The van der Waals surface area contributed by atoms with Gasteiger partial charge in [-0.15, -0.1) is 0 Å². The quantitative estimate of drug-likeness (QED) is 0.661. The van der Waals surface area contributed by atoms with E-state index in [4.69, 9.17) is 0 Å². The fourth-order valence-corrected chi connectivity index (χ4v) is 3.09. The average Bonchev–Trinajstić information content (AvgIpc) is 2.58. The van der Waals surface area contributed by atoms with Gasteiger partial charge in [-0.1, -0.05) is 18.2 Å². The molecule has 2 rings (SSSR count). The minimum Gasteiger partial charge on any atom is -0.465 e. The van der Waals surface area contributed by atoms with Gasteiger partial charge in [0.15, 0.2) is 16.5 Å². The SMILES string of the molecule is COC(=O)/C(=C/Nc1ccc(F)c(F)c1)S(=O)(=O)c1ccccc1. The van der Waals surface area contributed by atoms with Crippen LogP contribution in [0.2, 0.25) is 0 Å². The summed E-state index contributed by atoms with van der Waals surface area (Å²) in [6.07, 6.45) is 0.876. The fraction of sp³-hybridized carbons (Fsp3) is 0.0625. The number of methoxy groups -OCH3 is 1. The van der Waals surface area contributed by atoms with Crippen molar-refractivity contribution in [2.75, 3.05) is 12.4 Å². The number of anilines is 1. The molecule has 8 heteroatoms. The van der Waals surface area contributed by atoms with E-state index in [1.165, 1.54) is 30.3 Å². The summed E-state index contributed by atoms with van der Waals surface area (Å²) in [7, 11) is -3.11. The van der Waals surface area contributed by atoms with Crippen molar-refractivity contribution in [3.05, 3.63) is 71.3 Å². The van der Waals surface area contributed by atoms with Gasteiger partial charge in [0.1, 0.15) is 0 Å². The molecule has 0 fully saturated rings. The van der Waals surface area contributed by atoms with Crippen molar-refractivity contribution < 1.29 is 26.7 Å². The Kier molecular flexibility index (Phi) is 5.30. The smallest absolute Gasteiger partial charge is 0.351 e. The van der Waals surface area contributed by atoms with Crippen LogP contribution in [-0.2, 0) is 19.4 Å². The Hall–Kier alpha value is -2.74. The van der Waals surface area contributed by atoms with Crippen molar-refractivity contribution >= 4 is 21.5 Å². The van der Waals surface area contributed by atoms with Gasteiger partial charge in [-0.25, -0.2) is 22.0 Å². The molecule has 0 unspecified atom stereocenters. The lowest BCUT2D eigenvalue weighted by atomic mass is 10.3. The van der Waals surface area contributed by atoms with E-state index in [0.29, 0.717) is 0 Å². The predicted octanol–water partition coefficient (Wildman–Crippen LogP) is 2.87. The summed E-state index contributed by atoms with van der Waals surface area (Å²) in [5.74, 6) is -3.25. The van der Waals surface area contributed by atoms with Gasteiger partial charge in [0.2, 0.25) is 9.84 Å². The Labute approximate surface area is 137 Å². The van der Waals surface area contributed by atoms with E-state index in [1.807, 2.05) is 0 Å². The van der Waals surface area contributed by atoms with Crippen LogP contribution in [0.1, 0.15) is 0 Å². The summed E-state index contributed by atoms with van der Waals surface area (Å²) in [5.41, 5.74) is 0.0681. The Bertz CT molecular complexity index is 880. The van der Waals surface area contributed by atoms with Crippen LogP contribution >= 0.6 is 0 Å². The molecule has 5 nitrogen and oxygen atoms in total. The molecule has 0 aliphatic rings. The first-order chi connectivity index (χ1) is 11.4. The molecule has 126 valence electrons. The number of esters is 1. The lowest BCUT2D eigenvalue weighted by Gasteiger charge is -2.09. The third-order valence-corrected chi connectivity index (χ3v) is 4.78. The molecule has 0 saturated heterocycles. The standard InChI is InChI=1S/C16H13F2NO4S/c1-23-16(20)15(24(21,22)12-5-3-2-4-6-12)10-19-11-7-8-13(17)14(18)9-11/h2-10,19H,1H3/b15-10-. The van der Waals surface area contributed by atoms with E-state index < -0.39 is 32.3 Å². The third kappa shape index (κ3) is 3.77. The van der Waals surface area contributed by atoms with Crippen LogP contribution in [0.25, 0.3) is 0 Å². The second kappa shape index (κ2) is 7.22. The lowest BCUT2D eigenvalue weighted by molar-refractivity contribution is -0.135. The van der Waals surface area contributed by atoms with E-state index in [1.54, 1.807) is 6.07 Å². The first kappa shape index (κ1) is 17.6. The highest BCUT2D eigenvalue weighted by atomic mass is 32.2. The minimum absolute atomic E-state index is 0.0681. The highest BCUT2D eigenvalue weighted by Crippen LogP contribution is 2.21. The molecule has 0 heterocycles. The van der Waals surface area contributed by atoms with Gasteiger partial charge in [-0.2, -0.15) is 0 Å². The van der Waals surface area contributed by atoms with Gasteiger partial charge in [0, 0.05) is 18.0 Å². The maximum absolute atomic E-state index is 13.2. The summed E-state index contributed by atoms with van der Waals surface area (Å²) in [5, 5.41) is 2.46. The maximum atomic E-state index is 13.2. The lowest BCUT2D eigenvalue weighted by Crippen LogP contribution is -2.16. The van der Waals surface area contributed by atoms with Crippen LogP contribution in [0.15, 0.2) is 64.5 Å². The highest BCUT2D eigenvalue weighted by Gasteiger charge is 2.27. The molecule has 24 heavy (non-hydrogen) atoms. The van der Waals surface area contributed by atoms with E-state index in [-0.39, 0.29) is 10.6 Å². The molecule has 0 saturated carbocycles. The predicted molar refractivity (Wildman–Crippen MR) is 83.7 cm³/mol. The summed E-state index contributed by atoms with van der Waals surface area (Å²) in [4.78, 5) is 11.1. The van der Waals surface area contributed by atoms with E-state index in [2.05, 4.69) is 10.1 Å². The summed E-state index contributed by atoms with van der Waals surface area (Å²) in [6, 6.07) is 10.2. The van der Waals surface area contributed by atoms with E-state index in [9.17, 15) is 22.0 Å². The zero-order valence-electron chi connectivity index (χ0n) is 12.5. The molecule has 0 radical (unpaired) electrons. The number of halogens is 2. The second-order valence-corrected chi connectivity index (χ2v) is 6.51. The van der Waals surface area contributed by atoms with Crippen molar-refractivity contribution in [2.24, 2.45) is 0 Å². The Balaban J connectivity index is 2.42. The van der Waals surface area contributed by atoms with Gasteiger partial charge in [-0.3, -0.25) is 0 Å². The summed E-state index contributed by atoms with van der Waals surface area (Å²) in [6.45, 7) is 0. The van der Waals surface area contributed by atoms with Crippen molar-refractivity contribution in [2.45, 2.75) is 4.90 Å². The normalized spacial score (nSPS) is 11.9. The van der Waals surface area contributed by atoms with Gasteiger partial charge in [0.05, 0.1) is 12.0 Å². The van der Waals surface area contributed by atoms with Gasteiger partial charge < -0.3 is 10.1 Å². The van der Waals surface area contributed by atoms with Crippen LogP contribution in [0.5, 0.6) is 0 Å².